The Kier molecular flexibility index (Phi) is 4.67. The summed E-state index contributed by atoms with van der Waals surface area (Å²) < 4.78 is 41.0. The van der Waals surface area contributed by atoms with Crippen LogP contribution in [0.3, 0.4) is 0 Å². The molecule has 5 nitrogen and oxygen atoms in total. The molecule has 1 heterocycles. The number of nitrogens with one attached hydrogen (secondary N) is 1. The first kappa shape index (κ1) is 16.4. The molecule has 1 saturated heterocycles. The summed E-state index contributed by atoms with van der Waals surface area (Å²) >= 11 is 0. The number of aryl methyl sites for hydroxylation is 1. The van der Waals surface area contributed by atoms with Crippen LogP contribution in [0, 0.1) is 12.7 Å². The Labute approximate surface area is 125 Å². The molecular weight excluding hydrogens is 293 g/mol. The van der Waals surface area contributed by atoms with Crippen molar-refractivity contribution in [3.05, 3.63) is 29.6 Å². The summed E-state index contributed by atoms with van der Waals surface area (Å²) in [7, 11) is -1.71. The third kappa shape index (κ3) is 3.60. The molecule has 0 spiro atoms. The predicted molar refractivity (Wildman–Crippen MR) is 80.0 cm³/mol. The van der Waals surface area contributed by atoms with E-state index in [1.807, 2.05) is 7.05 Å². The first-order chi connectivity index (χ1) is 9.78. The second-order valence-corrected chi connectivity index (χ2v) is 7.45. The van der Waals surface area contributed by atoms with E-state index in [0.717, 1.165) is 19.2 Å². The Hall–Kier alpha value is -1.02. The average Bonchev–Trinajstić information content (AvgIpc) is 2.41. The zero-order valence-electron chi connectivity index (χ0n) is 12.4. The van der Waals surface area contributed by atoms with E-state index in [0.29, 0.717) is 18.4 Å². The van der Waals surface area contributed by atoms with Crippen molar-refractivity contribution in [3.63, 3.8) is 0 Å². The van der Waals surface area contributed by atoms with Gasteiger partial charge >= 0.3 is 0 Å². The number of likely N-dealkylation sites (tertiary alicyclic amines) is 1. The van der Waals surface area contributed by atoms with E-state index in [9.17, 15) is 12.8 Å². The van der Waals surface area contributed by atoms with Crippen LogP contribution in [0.25, 0.3) is 0 Å². The van der Waals surface area contributed by atoms with Gasteiger partial charge in [-0.2, -0.15) is 0 Å². The first-order valence-electron chi connectivity index (χ1n) is 6.97. The smallest absolute Gasteiger partial charge is 0.241 e. The molecule has 3 N–H and O–H groups in total. The number of rotatable bonds is 4. The molecule has 0 saturated carbocycles. The van der Waals surface area contributed by atoms with Gasteiger partial charge in [-0.25, -0.2) is 17.5 Å². The van der Waals surface area contributed by atoms with Crippen molar-refractivity contribution in [1.29, 1.82) is 0 Å². The Morgan fingerprint density at radius 2 is 2.00 bits per heavy atom. The SMILES string of the molecule is Cc1cc(F)ccc1S(=O)(=O)NC1(CN)CCN(C)CC1. The lowest BCUT2D eigenvalue weighted by Crippen LogP contribution is -2.58. The molecule has 1 aliphatic heterocycles. The van der Waals surface area contributed by atoms with Crippen LogP contribution in [0.15, 0.2) is 23.1 Å². The molecule has 0 atom stereocenters. The normalized spacial score (nSPS) is 19.6. The van der Waals surface area contributed by atoms with Gasteiger partial charge in [0.05, 0.1) is 4.90 Å². The van der Waals surface area contributed by atoms with E-state index in [2.05, 4.69) is 9.62 Å². The van der Waals surface area contributed by atoms with Crippen molar-refractivity contribution in [2.75, 3.05) is 26.7 Å². The van der Waals surface area contributed by atoms with Crippen molar-refractivity contribution in [1.82, 2.24) is 9.62 Å². The molecule has 0 radical (unpaired) electrons. The monoisotopic (exact) mass is 315 g/mol. The van der Waals surface area contributed by atoms with Gasteiger partial charge in [0.2, 0.25) is 10.0 Å². The molecule has 0 aliphatic carbocycles. The van der Waals surface area contributed by atoms with E-state index in [-0.39, 0.29) is 11.4 Å². The number of benzene rings is 1. The highest BCUT2D eigenvalue weighted by Crippen LogP contribution is 2.25. The van der Waals surface area contributed by atoms with Gasteiger partial charge in [0.1, 0.15) is 5.82 Å². The van der Waals surface area contributed by atoms with Crippen LogP contribution in [0.5, 0.6) is 0 Å². The summed E-state index contributed by atoms with van der Waals surface area (Å²) in [4.78, 5) is 2.25. The number of nitrogens with zero attached hydrogens (tertiary/aromatic N) is 1. The standard InChI is InChI=1S/C14H22FN3O2S/c1-11-9-12(15)3-4-13(11)21(19,20)17-14(10-16)5-7-18(2)8-6-14/h3-4,9,17H,5-8,10,16H2,1-2H3. The van der Waals surface area contributed by atoms with Gasteiger partial charge < -0.3 is 10.6 Å². The molecule has 118 valence electrons. The van der Waals surface area contributed by atoms with Crippen molar-refractivity contribution in [3.8, 4) is 0 Å². The fourth-order valence-corrected chi connectivity index (χ4v) is 4.35. The minimum atomic E-state index is -3.71. The highest BCUT2D eigenvalue weighted by molar-refractivity contribution is 7.89. The Morgan fingerprint density at radius 1 is 1.38 bits per heavy atom. The Morgan fingerprint density at radius 3 is 2.52 bits per heavy atom. The predicted octanol–water partition coefficient (Wildman–Crippen LogP) is 0.836. The second-order valence-electron chi connectivity index (χ2n) is 5.80. The molecule has 21 heavy (non-hydrogen) atoms. The largest absolute Gasteiger partial charge is 0.329 e. The minimum Gasteiger partial charge on any atom is -0.329 e. The van der Waals surface area contributed by atoms with Crippen molar-refractivity contribution in [2.24, 2.45) is 5.73 Å². The lowest BCUT2D eigenvalue weighted by Gasteiger charge is -2.40. The molecule has 0 bridgehead atoms. The Balaban J connectivity index is 2.27. The van der Waals surface area contributed by atoms with Crippen molar-refractivity contribution < 1.29 is 12.8 Å². The molecule has 0 aromatic heterocycles. The van der Waals surface area contributed by atoms with E-state index in [1.54, 1.807) is 6.92 Å². The van der Waals surface area contributed by atoms with Gasteiger partial charge in [0.25, 0.3) is 0 Å². The van der Waals surface area contributed by atoms with Crippen LogP contribution in [-0.2, 0) is 10.0 Å². The molecule has 0 unspecified atom stereocenters. The summed E-state index contributed by atoms with van der Waals surface area (Å²) in [6, 6.07) is 3.68. The van der Waals surface area contributed by atoms with Crippen LogP contribution in [0.2, 0.25) is 0 Å². The average molecular weight is 315 g/mol. The summed E-state index contributed by atoms with van der Waals surface area (Å²) in [6.45, 7) is 3.42. The van der Waals surface area contributed by atoms with E-state index >= 15 is 0 Å². The van der Waals surface area contributed by atoms with Crippen LogP contribution in [0.1, 0.15) is 18.4 Å². The zero-order valence-corrected chi connectivity index (χ0v) is 13.2. The maximum Gasteiger partial charge on any atom is 0.241 e. The molecule has 2 rings (SSSR count). The molecule has 0 amide bonds. The number of hydrogen-bond donors (Lipinski definition) is 2. The van der Waals surface area contributed by atoms with Gasteiger partial charge in [-0.15, -0.1) is 0 Å². The summed E-state index contributed by atoms with van der Waals surface area (Å²) in [6.07, 6.45) is 1.33. The molecule has 1 fully saturated rings. The summed E-state index contributed by atoms with van der Waals surface area (Å²) in [5.74, 6) is -0.445. The van der Waals surface area contributed by atoms with Crippen LogP contribution in [-0.4, -0.2) is 45.5 Å². The number of sulfonamides is 1. The van der Waals surface area contributed by atoms with Crippen LogP contribution in [0.4, 0.5) is 4.39 Å². The van der Waals surface area contributed by atoms with Crippen LogP contribution < -0.4 is 10.5 Å². The number of nitrogens with two attached hydrogens (primary N) is 1. The van der Waals surface area contributed by atoms with Crippen LogP contribution >= 0.6 is 0 Å². The lowest BCUT2D eigenvalue weighted by atomic mass is 9.89. The quantitative estimate of drug-likeness (QED) is 0.863. The van der Waals surface area contributed by atoms with Gasteiger partial charge in [0, 0.05) is 12.1 Å². The third-order valence-corrected chi connectivity index (χ3v) is 5.85. The third-order valence-electron chi connectivity index (χ3n) is 4.11. The Bertz CT molecular complexity index is 611. The van der Waals surface area contributed by atoms with Crippen molar-refractivity contribution in [2.45, 2.75) is 30.2 Å². The van der Waals surface area contributed by atoms with Crippen molar-refractivity contribution >= 4 is 10.0 Å². The zero-order chi connectivity index (χ0) is 15.7. The van der Waals surface area contributed by atoms with Gasteiger partial charge in [0.15, 0.2) is 0 Å². The highest BCUT2D eigenvalue weighted by Gasteiger charge is 2.37. The van der Waals surface area contributed by atoms with E-state index in [4.69, 9.17) is 5.73 Å². The number of hydrogen-bond acceptors (Lipinski definition) is 4. The minimum absolute atomic E-state index is 0.107. The topological polar surface area (TPSA) is 75.4 Å². The number of piperidine rings is 1. The molecule has 1 aliphatic rings. The molecular formula is C14H22FN3O2S. The first-order valence-corrected chi connectivity index (χ1v) is 8.45. The molecule has 1 aromatic carbocycles. The summed E-state index contributed by atoms with van der Waals surface area (Å²) in [5, 5.41) is 0. The number of halogens is 1. The molecule has 7 heteroatoms. The van der Waals surface area contributed by atoms with Gasteiger partial charge in [-0.3, -0.25) is 0 Å². The van der Waals surface area contributed by atoms with E-state index in [1.165, 1.54) is 12.1 Å². The summed E-state index contributed by atoms with van der Waals surface area (Å²) in [5.41, 5.74) is 5.60. The maximum absolute atomic E-state index is 13.1. The lowest BCUT2D eigenvalue weighted by molar-refractivity contribution is 0.182. The molecule has 1 aromatic rings. The van der Waals surface area contributed by atoms with E-state index < -0.39 is 21.4 Å². The second kappa shape index (κ2) is 6.00. The maximum atomic E-state index is 13.1. The van der Waals surface area contributed by atoms with Gasteiger partial charge in [-0.05, 0) is 63.7 Å². The highest BCUT2D eigenvalue weighted by atomic mass is 32.2. The fraction of sp³-hybridized carbons (Fsp3) is 0.571. The van der Waals surface area contributed by atoms with Gasteiger partial charge in [-0.1, -0.05) is 0 Å². The fourth-order valence-electron chi connectivity index (χ4n) is 2.65.